The van der Waals surface area contributed by atoms with Crippen molar-refractivity contribution in [3.05, 3.63) is 64.9 Å². The van der Waals surface area contributed by atoms with E-state index < -0.39 is 5.41 Å². The summed E-state index contributed by atoms with van der Waals surface area (Å²) < 4.78 is 29.0. The zero-order chi connectivity index (χ0) is 15.6. The summed E-state index contributed by atoms with van der Waals surface area (Å²) in [6.45, 7) is 5.71. The van der Waals surface area contributed by atoms with Gasteiger partial charge in [0.05, 0.1) is 5.69 Å². The first-order valence-electron chi connectivity index (χ1n) is 7.30. The summed E-state index contributed by atoms with van der Waals surface area (Å²) in [4.78, 5) is 4.42. The fourth-order valence-electron chi connectivity index (χ4n) is 3.67. The van der Waals surface area contributed by atoms with Crippen LogP contribution < -0.4 is 0 Å². The van der Waals surface area contributed by atoms with Crippen molar-refractivity contribution in [2.75, 3.05) is 0 Å². The van der Waals surface area contributed by atoms with Crippen LogP contribution >= 0.6 is 0 Å². The van der Waals surface area contributed by atoms with Gasteiger partial charge in [0.1, 0.15) is 11.6 Å². The van der Waals surface area contributed by atoms with Crippen molar-refractivity contribution in [3.8, 4) is 11.3 Å². The van der Waals surface area contributed by atoms with Crippen LogP contribution in [0.4, 0.5) is 8.78 Å². The molecule has 0 fully saturated rings. The second kappa shape index (κ2) is 4.13. The van der Waals surface area contributed by atoms with E-state index in [1.54, 1.807) is 25.3 Å². The first-order valence-corrected chi connectivity index (χ1v) is 7.30. The molecule has 3 heteroatoms. The van der Waals surface area contributed by atoms with Gasteiger partial charge < -0.3 is 0 Å². The molecule has 0 spiro atoms. The lowest BCUT2D eigenvalue weighted by Crippen LogP contribution is -2.26. The molecule has 4 rings (SSSR count). The molecule has 1 aliphatic carbocycles. The van der Waals surface area contributed by atoms with Gasteiger partial charge in [-0.05, 0) is 30.2 Å². The lowest BCUT2D eigenvalue weighted by Gasteiger charge is -2.35. The summed E-state index contributed by atoms with van der Waals surface area (Å²) in [7, 11) is 0. The molecule has 1 aromatic heterocycles. The highest BCUT2D eigenvalue weighted by atomic mass is 19.1. The van der Waals surface area contributed by atoms with E-state index in [-0.39, 0.29) is 11.6 Å². The van der Waals surface area contributed by atoms with Crippen LogP contribution in [0.5, 0.6) is 0 Å². The molecule has 0 saturated carbocycles. The highest BCUT2D eigenvalue weighted by Gasteiger charge is 2.37. The Morgan fingerprint density at radius 3 is 2.64 bits per heavy atom. The quantitative estimate of drug-likeness (QED) is 0.560. The SMILES string of the molecule is Cc1cc2c3c(nccc3c1F)-c1cccc(F)c1C2(C)C. The van der Waals surface area contributed by atoms with Crippen LogP contribution in [0.2, 0.25) is 0 Å². The molecule has 2 aromatic carbocycles. The Bertz CT molecular complexity index is 942. The highest BCUT2D eigenvalue weighted by Crippen LogP contribution is 2.49. The Labute approximate surface area is 127 Å². The summed E-state index contributed by atoms with van der Waals surface area (Å²) in [5, 5.41) is 1.36. The van der Waals surface area contributed by atoms with Gasteiger partial charge in [-0.2, -0.15) is 0 Å². The minimum atomic E-state index is -0.534. The van der Waals surface area contributed by atoms with E-state index in [4.69, 9.17) is 0 Å². The minimum absolute atomic E-state index is 0.224. The molecule has 0 saturated heterocycles. The second-order valence-electron chi connectivity index (χ2n) is 6.42. The van der Waals surface area contributed by atoms with Crippen LogP contribution in [0.15, 0.2) is 36.5 Å². The van der Waals surface area contributed by atoms with Gasteiger partial charge in [0.25, 0.3) is 0 Å². The number of hydrogen-bond donors (Lipinski definition) is 0. The van der Waals surface area contributed by atoms with E-state index >= 15 is 0 Å². The molecule has 0 radical (unpaired) electrons. The average molecular weight is 295 g/mol. The van der Waals surface area contributed by atoms with Gasteiger partial charge >= 0.3 is 0 Å². The molecule has 3 aromatic rings. The van der Waals surface area contributed by atoms with Crippen molar-refractivity contribution in [1.82, 2.24) is 4.98 Å². The van der Waals surface area contributed by atoms with Gasteiger partial charge in [-0.15, -0.1) is 0 Å². The molecular weight excluding hydrogens is 280 g/mol. The Hall–Kier alpha value is -2.29. The van der Waals surface area contributed by atoms with Crippen molar-refractivity contribution in [2.24, 2.45) is 0 Å². The zero-order valence-corrected chi connectivity index (χ0v) is 12.7. The Morgan fingerprint density at radius 2 is 1.86 bits per heavy atom. The molecule has 0 unspecified atom stereocenters. The largest absolute Gasteiger partial charge is 0.256 e. The molecule has 22 heavy (non-hydrogen) atoms. The smallest absolute Gasteiger partial charge is 0.134 e. The third-order valence-electron chi connectivity index (χ3n) is 4.73. The average Bonchev–Trinajstić information content (AvgIpc) is 2.48. The van der Waals surface area contributed by atoms with E-state index in [0.717, 1.165) is 16.5 Å². The summed E-state index contributed by atoms with van der Waals surface area (Å²) in [5.74, 6) is -0.466. The molecule has 1 nitrogen and oxygen atoms in total. The second-order valence-corrected chi connectivity index (χ2v) is 6.42. The van der Waals surface area contributed by atoms with Crippen LogP contribution in [0, 0.1) is 18.6 Å². The van der Waals surface area contributed by atoms with Crippen molar-refractivity contribution in [1.29, 1.82) is 0 Å². The van der Waals surface area contributed by atoms with Crippen LogP contribution in [0.25, 0.3) is 22.0 Å². The standard InChI is InChI=1S/C19H15F2N/c1-10-9-13-15-11(17(10)21)7-8-22-18(15)12-5-4-6-14(20)16(12)19(13,2)3/h4-9H,1-3H3. The number of halogens is 2. The van der Waals surface area contributed by atoms with Gasteiger partial charge in [-0.25, -0.2) is 8.78 Å². The van der Waals surface area contributed by atoms with E-state index in [2.05, 4.69) is 4.98 Å². The monoisotopic (exact) mass is 295 g/mol. The highest BCUT2D eigenvalue weighted by molar-refractivity contribution is 6.02. The fourth-order valence-corrected chi connectivity index (χ4v) is 3.67. The number of fused-ring (bicyclic) bond motifs is 2. The summed E-state index contributed by atoms with van der Waals surface area (Å²) >= 11 is 0. The lowest BCUT2D eigenvalue weighted by atomic mass is 9.69. The van der Waals surface area contributed by atoms with E-state index in [1.165, 1.54) is 6.07 Å². The first-order chi connectivity index (χ1) is 10.4. The van der Waals surface area contributed by atoms with E-state index in [1.807, 2.05) is 26.0 Å². The maximum absolute atomic E-state index is 14.5. The Balaban J connectivity index is 2.30. The normalized spacial score (nSPS) is 15.0. The number of rotatable bonds is 0. The zero-order valence-electron chi connectivity index (χ0n) is 12.7. The van der Waals surface area contributed by atoms with Gasteiger partial charge in [0.2, 0.25) is 0 Å². The van der Waals surface area contributed by atoms with Crippen LogP contribution in [0.1, 0.15) is 30.5 Å². The maximum Gasteiger partial charge on any atom is 0.134 e. The van der Waals surface area contributed by atoms with Crippen molar-refractivity contribution >= 4 is 10.8 Å². The van der Waals surface area contributed by atoms with Gasteiger partial charge in [-0.3, -0.25) is 4.98 Å². The van der Waals surface area contributed by atoms with Gasteiger partial charge in [0.15, 0.2) is 0 Å². The third kappa shape index (κ3) is 1.48. The lowest BCUT2D eigenvalue weighted by molar-refractivity contribution is 0.548. The van der Waals surface area contributed by atoms with Crippen LogP contribution in [-0.2, 0) is 5.41 Å². The summed E-state index contributed by atoms with van der Waals surface area (Å²) in [6, 6.07) is 8.55. The molecule has 0 N–H and O–H groups in total. The molecule has 0 atom stereocenters. The van der Waals surface area contributed by atoms with Crippen molar-refractivity contribution in [2.45, 2.75) is 26.2 Å². The Morgan fingerprint density at radius 1 is 1.09 bits per heavy atom. The molecule has 1 aliphatic rings. The molecule has 110 valence electrons. The van der Waals surface area contributed by atoms with Gasteiger partial charge in [0, 0.05) is 33.5 Å². The number of nitrogens with zero attached hydrogens (tertiary/aromatic N) is 1. The number of pyridine rings is 1. The predicted octanol–water partition coefficient (Wildman–Crippen LogP) is 5.13. The molecule has 0 bridgehead atoms. The predicted molar refractivity (Wildman–Crippen MR) is 84.0 cm³/mol. The number of benzene rings is 2. The Kier molecular flexibility index (Phi) is 2.51. The summed E-state index contributed by atoms with van der Waals surface area (Å²) in [5.41, 5.74) is 3.03. The fraction of sp³-hybridized carbons (Fsp3) is 0.211. The number of aryl methyl sites for hydroxylation is 1. The van der Waals surface area contributed by atoms with Crippen LogP contribution in [-0.4, -0.2) is 4.98 Å². The molecular formula is C19H15F2N. The number of aromatic nitrogens is 1. The number of hydrogen-bond acceptors (Lipinski definition) is 1. The van der Waals surface area contributed by atoms with Crippen molar-refractivity contribution < 1.29 is 8.78 Å². The topological polar surface area (TPSA) is 12.9 Å². The molecule has 0 amide bonds. The molecule has 1 heterocycles. The minimum Gasteiger partial charge on any atom is -0.256 e. The van der Waals surface area contributed by atoms with E-state index in [0.29, 0.717) is 22.2 Å². The van der Waals surface area contributed by atoms with Crippen LogP contribution in [0.3, 0.4) is 0 Å². The maximum atomic E-state index is 14.5. The third-order valence-corrected chi connectivity index (χ3v) is 4.73. The van der Waals surface area contributed by atoms with E-state index in [9.17, 15) is 8.78 Å². The van der Waals surface area contributed by atoms with Gasteiger partial charge in [-0.1, -0.05) is 32.0 Å². The summed E-state index contributed by atoms with van der Waals surface area (Å²) in [6.07, 6.45) is 1.59. The van der Waals surface area contributed by atoms with Crippen molar-refractivity contribution in [3.63, 3.8) is 0 Å². The first kappa shape index (κ1) is 13.4. The molecule has 0 aliphatic heterocycles.